The second-order valence-electron chi connectivity index (χ2n) is 3.22. The van der Waals surface area contributed by atoms with E-state index in [1.54, 1.807) is 6.92 Å². The highest BCUT2D eigenvalue weighted by Gasteiger charge is 2.11. The van der Waals surface area contributed by atoms with E-state index in [9.17, 15) is 5.11 Å². The molecular formula is C10H15NO. The van der Waals surface area contributed by atoms with Gasteiger partial charge in [0.05, 0.1) is 6.10 Å². The number of benzene rings is 1. The van der Waals surface area contributed by atoms with Gasteiger partial charge in [-0.15, -0.1) is 0 Å². The average Bonchev–Trinajstić information content (AvgIpc) is 2.03. The minimum absolute atomic E-state index is 0.216. The Bertz CT molecular complexity index is 258. The molecule has 66 valence electrons. The van der Waals surface area contributed by atoms with Crippen LogP contribution in [0.2, 0.25) is 0 Å². The Morgan fingerprint density at radius 2 is 2.08 bits per heavy atom. The Morgan fingerprint density at radius 1 is 1.42 bits per heavy atom. The summed E-state index contributed by atoms with van der Waals surface area (Å²) in [5, 5.41) is 9.60. The number of aliphatic hydroxyl groups excluding tert-OH is 1. The van der Waals surface area contributed by atoms with Crippen LogP contribution in [0.15, 0.2) is 24.3 Å². The summed E-state index contributed by atoms with van der Waals surface area (Å²) < 4.78 is 0. The minimum Gasteiger partial charge on any atom is -0.387 e. The molecule has 2 nitrogen and oxygen atoms in total. The topological polar surface area (TPSA) is 46.2 Å². The summed E-state index contributed by atoms with van der Waals surface area (Å²) in [5.74, 6) is 0. The fourth-order valence-electron chi connectivity index (χ4n) is 1.16. The van der Waals surface area contributed by atoms with Gasteiger partial charge in [-0.25, -0.2) is 0 Å². The van der Waals surface area contributed by atoms with E-state index in [-0.39, 0.29) is 6.04 Å². The van der Waals surface area contributed by atoms with E-state index in [4.69, 9.17) is 5.73 Å². The van der Waals surface area contributed by atoms with Crippen molar-refractivity contribution in [3.8, 4) is 0 Å². The highest BCUT2D eigenvalue weighted by molar-refractivity contribution is 5.24. The second kappa shape index (κ2) is 3.70. The molecule has 2 heteroatoms. The van der Waals surface area contributed by atoms with E-state index in [0.717, 1.165) is 11.1 Å². The zero-order chi connectivity index (χ0) is 9.14. The average molecular weight is 165 g/mol. The number of aryl methyl sites for hydroxylation is 1. The third kappa shape index (κ3) is 2.06. The third-order valence-electron chi connectivity index (χ3n) is 1.88. The van der Waals surface area contributed by atoms with Crippen LogP contribution in [-0.4, -0.2) is 11.1 Å². The van der Waals surface area contributed by atoms with Crippen molar-refractivity contribution in [1.29, 1.82) is 0 Å². The molecule has 0 aromatic heterocycles. The molecular weight excluding hydrogens is 150 g/mol. The largest absolute Gasteiger partial charge is 0.387 e. The number of hydrogen-bond acceptors (Lipinski definition) is 2. The summed E-state index contributed by atoms with van der Waals surface area (Å²) >= 11 is 0. The summed E-state index contributed by atoms with van der Waals surface area (Å²) in [5.41, 5.74) is 7.61. The minimum atomic E-state index is -0.551. The van der Waals surface area contributed by atoms with Gasteiger partial charge < -0.3 is 10.8 Å². The molecule has 0 heterocycles. The third-order valence-corrected chi connectivity index (χ3v) is 1.88. The molecule has 0 radical (unpaired) electrons. The smallest absolute Gasteiger partial charge is 0.0938 e. The summed E-state index contributed by atoms with van der Waals surface area (Å²) in [4.78, 5) is 0. The molecule has 0 spiro atoms. The molecule has 1 aromatic carbocycles. The zero-order valence-electron chi connectivity index (χ0n) is 7.49. The summed E-state index contributed by atoms with van der Waals surface area (Å²) in [6.07, 6.45) is -0.551. The Hall–Kier alpha value is -0.860. The van der Waals surface area contributed by atoms with E-state index in [1.807, 2.05) is 31.2 Å². The Kier molecular flexibility index (Phi) is 2.84. The van der Waals surface area contributed by atoms with Crippen LogP contribution in [0.5, 0.6) is 0 Å². The maximum Gasteiger partial charge on any atom is 0.0938 e. The van der Waals surface area contributed by atoms with Crippen molar-refractivity contribution in [1.82, 2.24) is 0 Å². The van der Waals surface area contributed by atoms with Crippen LogP contribution in [0.25, 0.3) is 0 Å². The zero-order valence-corrected chi connectivity index (χ0v) is 7.49. The van der Waals surface area contributed by atoms with Crippen LogP contribution in [0, 0.1) is 6.92 Å². The SMILES string of the molecule is Cc1cccc(C(O)C(C)N)c1. The number of rotatable bonds is 2. The number of nitrogens with two attached hydrogens (primary N) is 1. The first kappa shape index (κ1) is 9.23. The number of aliphatic hydroxyl groups is 1. The first-order valence-electron chi connectivity index (χ1n) is 4.11. The van der Waals surface area contributed by atoms with E-state index < -0.39 is 6.10 Å². The van der Waals surface area contributed by atoms with Gasteiger partial charge in [0, 0.05) is 6.04 Å². The summed E-state index contributed by atoms with van der Waals surface area (Å²) in [7, 11) is 0. The molecule has 2 unspecified atom stereocenters. The molecule has 3 N–H and O–H groups in total. The molecule has 2 atom stereocenters. The summed E-state index contributed by atoms with van der Waals surface area (Å²) in [6.45, 7) is 3.80. The lowest BCUT2D eigenvalue weighted by atomic mass is 10.0. The quantitative estimate of drug-likeness (QED) is 0.695. The molecule has 0 saturated carbocycles. The number of hydrogen-bond donors (Lipinski definition) is 2. The highest BCUT2D eigenvalue weighted by Crippen LogP contribution is 2.16. The van der Waals surface area contributed by atoms with Crippen LogP contribution in [0.3, 0.4) is 0 Å². The van der Waals surface area contributed by atoms with Crippen molar-refractivity contribution in [3.63, 3.8) is 0 Å². The van der Waals surface area contributed by atoms with Crippen LogP contribution < -0.4 is 5.73 Å². The van der Waals surface area contributed by atoms with Crippen molar-refractivity contribution >= 4 is 0 Å². The fraction of sp³-hybridized carbons (Fsp3) is 0.400. The maximum atomic E-state index is 9.60. The van der Waals surface area contributed by atoms with Gasteiger partial charge in [-0.05, 0) is 19.4 Å². The van der Waals surface area contributed by atoms with Gasteiger partial charge in [-0.3, -0.25) is 0 Å². The van der Waals surface area contributed by atoms with E-state index in [0.29, 0.717) is 0 Å². The molecule has 0 aliphatic heterocycles. The lowest BCUT2D eigenvalue weighted by Gasteiger charge is -2.14. The second-order valence-corrected chi connectivity index (χ2v) is 3.22. The monoisotopic (exact) mass is 165 g/mol. The standard InChI is InChI=1S/C10H15NO/c1-7-4-3-5-9(6-7)10(12)8(2)11/h3-6,8,10,12H,11H2,1-2H3. The lowest BCUT2D eigenvalue weighted by Crippen LogP contribution is -2.24. The van der Waals surface area contributed by atoms with Crippen molar-refractivity contribution < 1.29 is 5.11 Å². The van der Waals surface area contributed by atoms with Crippen molar-refractivity contribution in [2.45, 2.75) is 26.0 Å². The Balaban J connectivity index is 2.88. The first-order chi connectivity index (χ1) is 5.61. The molecule has 0 aliphatic rings. The van der Waals surface area contributed by atoms with Crippen molar-refractivity contribution in [2.75, 3.05) is 0 Å². The van der Waals surface area contributed by atoms with Gasteiger partial charge in [0.25, 0.3) is 0 Å². The van der Waals surface area contributed by atoms with Crippen LogP contribution >= 0.6 is 0 Å². The first-order valence-corrected chi connectivity index (χ1v) is 4.11. The molecule has 0 amide bonds. The lowest BCUT2D eigenvalue weighted by molar-refractivity contribution is 0.153. The van der Waals surface area contributed by atoms with Crippen molar-refractivity contribution in [3.05, 3.63) is 35.4 Å². The normalized spacial score (nSPS) is 15.7. The van der Waals surface area contributed by atoms with E-state index in [1.165, 1.54) is 0 Å². The van der Waals surface area contributed by atoms with Gasteiger partial charge in [0.15, 0.2) is 0 Å². The van der Waals surface area contributed by atoms with Crippen LogP contribution in [0.4, 0.5) is 0 Å². The van der Waals surface area contributed by atoms with E-state index >= 15 is 0 Å². The molecule has 1 aromatic rings. The predicted octanol–water partition coefficient (Wildman–Crippen LogP) is 1.38. The van der Waals surface area contributed by atoms with Gasteiger partial charge in [0.1, 0.15) is 0 Å². The van der Waals surface area contributed by atoms with Gasteiger partial charge in [-0.2, -0.15) is 0 Å². The van der Waals surface area contributed by atoms with Gasteiger partial charge >= 0.3 is 0 Å². The molecule has 12 heavy (non-hydrogen) atoms. The van der Waals surface area contributed by atoms with Crippen LogP contribution in [0.1, 0.15) is 24.2 Å². The molecule has 0 bridgehead atoms. The molecule has 0 saturated heterocycles. The van der Waals surface area contributed by atoms with Gasteiger partial charge in [0.2, 0.25) is 0 Å². The van der Waals surface area contributed by atoms with Gasteiger partial charge in [-0.1, -0.05) is 29.8 Å². The summed E-state index contributed by atoms with van der Waals surface area (Å²) in [6, 6.07) is 7.55. The van der Waals surface area contributed by atoms with Crippen LogP contribution in [-0.2, 0) is 0 Å². The predicted molar refractivity (Wildman–Crippen MR) is 49.8 cm³/mol. The Labute approximate surface area is 73.0 Å². The fourth-order valence-corrected chi connectivity index (χ4v) is 1.16. The molecule has 0 aliphatic carbocycles. The molecule has 1 rings (SSSR count). The Morgan fingerprint density at radius 3 is 2.58 bits per heavy atom. The molecule has 0 fully saturated rings. The maximum absolute atomic E-state index is 9.60. The van der Waals surface area contributed by atoms with Crippen molar-refractivity contribution in [2.24, 2.45) is 5.73 Å². The highest BCUT2D eigenvalue weighted by atomic mass is 16.3. The van der Waals surface area contributed by atoms with E-state index in [2.05, 4.69) is 0 Å².